The van der Waals surface area contributed by atoms with E-state index in [0.29, 0.717) is 6.54 Å². The lowest BCUT2D eigenvalue weighted by molar-refractivity contribution is -0.119. The van der Waals surface area contributed by atoms with Crippen LogP contribution in [0.2, 0.25) is 0 Å². The summed E-state index contributed by atoms with van der Waals surface area (Å²) in [6, 6.07) is 5.36. The molecule has 0 bridgehead atoms. The van der Waals surface area contributed by atoms with Gasteiger partial charge < -0.3 is 10.2 Å². The third-order valence-corrected chi connectivity index (χ3v) is 6.16. The van der Waals surface area contributed by atoms with Crippen LogP contribution in [0.1, 0.15) is 69.4 Å². The first-order chi connectivity index (χ1) is 12.4. The van der Waals surface area contributed by atoms with E-state index >= 15 is 0 Å². The van der Waals surface area contributed by atoms with Crippen LogP contribution in [0.5, 0.6) is 0 Å². The number of piperidine rings is 1. The van der Waals surface area contributed by atoms with Crippen LogP contribution < -0.4 is 5.32 Å². The standard InChI is InChI=1S/C21H33FN2OS/c1-5-26-20(24(15-25)14-11-21(2,3)4)17-7-6-8-18(22)19(17)16-9-12-23-13-10-16/h6-8,15-16,20,23H,5,9-14H2,1-4H3. The summed E-state index contributed by atoms with van der Waals surface area (Å²) >= 11 is 1.71. The smallest absolute Gasteiger partial charge is 0.210 e. The quantitative estimate of drug-likeness (QED) is 0.512. The minimum Gasteiger partial charge on any atom is -0.329 e. The Kier molecular flexibility index (Phi) is 7.96. The Labute approximate surface area is 162 Å². The molecule has 5 heteroatoms. The number of benzene rings is 1. The molecular formula is C21H33FN2OS. The number of rotatable bonds is 8. The molecule has 1 amide bonds. The lowest BCUT2D eigenvalue weighted by Crippen LogP contribution is -2.32. The average Bonchev–Trinajstić information content (AvgIpc) is 2.61. The van der Waals surface area contributed by atoms with Gasteiger partial charge in [-0.2, -0.15) is 0 Å². The number of carbonyl (C=O) groups excluding carboxylic acids is 1. The molecule has 1 fully saturated rings. The van der Waals surface area contributed by atoms with Crippen molar-refractivity contribution in [3.05, 3.63) is 35.1 Å². The fourth-order valence-corrected chi connectivity index (χ4v) is 4.57. The highest BCUT2D eigenvalue weighted by molar-refractivity contribution is 7.99. The molecule has 3 nitrogen and oxygen atoms in total. The zero-order valence-corrected chi connectivity index (χ0v) is 17.4. The lowest BCUT2D eigenvalue weighted by atomic mass is 9.86. The zero-order valence-electron chi connectivity index (χ0n) is 16.6. The molecule has 1 atom stereocenters. The maximum Gasteiger partial charge on any atom is 0.210 e. The fourth-order valence-electron chi connectivity index (χ4n) is 3.52. The van der Waals surface area contributed by atoms with Crippen molar-refractivity contribution >= 4 is 18.2 Å². The van der Waals surface area contributed by atoms with Crippen LogP contribution in [0.25, 0.3) is 0 Å². The molecule has 1 heterocycles. The monoisotopic (exact) mass is 380 g/mol. The average molecular weight is 381 g/mol. The Morgan fingerprint density at radius 1 is 1.35 bits per heavy atom. The predicted molar refractivity (Wildman–Crippen MR) is 109 cm³/mol. The molecule has 1 aromatic rings. The van der Waals surface area contributed by atoms with Crippen LogP contribution in [0, 0.1) is 11.2 Å². The molecule has 1 saturated heterocycles. The van der Waals surface area contributed by atoms with Gasteiger partial charge in [0.15, 0.2) is 0 Å². The molecular weight excluding hydrogens is 347 g/mol. The van der Waals surface area contributed by atoms with Gasteiger partial charge in [-0.25, -0.2) is 4.39 Å². The van der Waals surface area contributed by atoms with Crippen molar-refractivity contribution in [3.8, 4) is 0 Å². The van der Waals surface area contributed by atoms with Crippen molar-refractivity contribution in [1.29, 1.82) is 0 Å². The number of halogens is 1. The van der Waals surface area contributed by atoms with Crippen LogP contribution in [-0.2, 0) is 4.79 Å². The minimum absolute atomic E-state index is 0.125. The first-order valence-corrected chi connectivity index (χ1v) is 10.7. The molecule has 0 aromatic heterocycles. The van der Waals surface area contributed by atoms with E-state index in [1.807, 2.05) is 11.0 Å². The SMILES string of the molecule is CCSC(c1cccc(F)c1C1CCNCC1)N(C=O)CCC(C)(C)C. The van der Waals surface area contributed by atoms with Crippen LogP contribution >= 0.6 is 11.8 Å². The third kappa shape index (κ3) is 5.71. The summed E-state index contributed by atoms with van der Waals surface area (Å²) in [7, 11) is 0. The summed E-state index contributed by atoms with van der Waals surface area (Å²) in [4.78, 5) is 13.8. The van der Waals surface area contributed by atoms with Crippen LogP contribution in [-0.4, -0.2) is 36.7 Å². The molecule has 0 aliphatic carbocycles. The summed E-state index contributed by atoms with van der Waals surface area (Å²) in [5.41, 5.74) is 1.95. The highest BCUT2D eigenvalue weighted by Gasteiger charge is 2.28. The van der Waals surface area contributed by atoms with Crippen molar-refractivity contribution in [3.63, 3.8) is 0 Å². The Hall–Kier alpha value is -1.07. The first kappa shape index (κ1) is 21.2. The first-order valence-electron chi connectivity index (χ1n) is 9.69. The largest absolute Gasteiger partial charge is 0.329 e. The van der Waals surface area contributed by atoms with Crippen LogP contribution in [0.4, 0.5) is 4.39 Å². The van der Waals surface area contributed by atoms with Gasteiger partial charge in [0.05, 0.1) is 0 Å². The molecule has 1 unspecified atom stereocenters. The summed E-state index contributed by atoms with van der Waals surface area (Å²) < 4.78 is 14.8. The predicted octanol–water partition coefficient (Wildman–Crippen LogP) is 4.94. The number of thioether (sulfide) groups is 1. The molecule has 26 heavy (non-hydrogen) atoms. The second-order valence-electron chi connectivity index (χ2n) is 8.23. The summed E-state index contributed by atoms with van der Waals surface area (Å²) in [6.07, 6.45) is 3.75. The Bertz CT molecular complexity index is 582. The highest BCUT2D eigenvalue weighted by atomic mass is 32.2. The normalized spacial score (nSPS) is 17.1. The van der Waals surface area contributed by atoms with E-state index in [0.717, 1.165) is 55.6 Å². The minimum atomic E-state index is -0.127. The molecule has 1 aliphatic heterocycles. The number of amides is 1. The molecule has 0 radical (unpaired) electrons. The molecule has 146 valence electrons. The molecule has 2 rings (SSSR count). The fraction of sp³-hybridized carbons (Fsp3) is 0.667. The Morgan fingerprint density at radius 3 is 2.62 bits per heavy atom. The van der Waals surface area contributed by atoms with Crippen molar-refractivity contribution in [2.45, 2.75) is 58.2 Å². The van der Waals surface area contributed by atoms with Gasteiger partial charge in [-0.05, 0) is 66.6 Å². The van der Waals surface area contributed by atoms with E-state index < -0.39 is 0 Å². The van der Waals surface area contributed by atoms with Gasteiger partial charge in [-0.1, -0.05) is 39.8 Å². The summed E-state index contributed by atoms with van der Waals surface area (Å²) in [5, 5.41) is 3.23. The maximum atomic E-state index is 14.8. The molecule has 1 N–H and O–H groups in total. The molecule has 0 saturated carbocycles. The van der Waals surface area contributed by atoms with Crippen molar-refractivity contribution in [2.75, 3.05) is 25.4 Å². The van der Waals surface area contributed by atoms with E-state index in [4.69, 9.17) is 0 Å². The number of nitrogens with one attached hydrogen (secondary N) is 1. The second-order valence-corrected chi connectivity index (χ2v) is 9.59. The van der Waals surface area contributed by atoms with E-state index in [9.17, 15) is 9.18 Å². The Balaban J connectivity index is 2.35. The van der Waals surface area contributed by atoms with Gasteiger partial charge in [0.1, 0.15) is 11.2 Å². The highest BCUT2D eigenvalue weighted by Crippen LogP contribution is 2.40. The number of hydrogen-bond acceptors (Lipinski definition) is 3. The van der Waals surface area contributed by atoms with E-state index in [1.165, 1.54) is 0 Å². The van der Waals surface area contributed by atoms with E-state index in [1.54, 1.807) is 23.9 Å². The summed E-state index contributed by atoms with van der Waals surface area (Å²) in [6.45, 7) is 11.2. The summed E-state index contributed by atoms with van der Waals surface area (Å²) in [5.74, 6) is 0.980. The van der Waals surface area contributed by atoms with Crippen molar-refractivity contribution < 1.29 is 9.18 Å². The molecule has 0 spiro atoms. The van der Waals surface area contributed by atoms with Crippen LogP contribution in [0.15, 0.2) is 18.2 Å². The van der Waals surface area contributed by atoms with Gasteiger partial charge in [-0.15, -0.1) is 11.8 Å². The van der Waals surface area contributed by atoms with Gasteiger partial charge in [-0.3, -0.25) is 4.79 Å². The van der Waals surface area contributed by atoms with E-state index in [-0.39, 0.29) is 22.5 Å². The number of carbonyl (C=O) groups is 1. The Morgan fingerprint density at radius 2 is 2.04 bits per heavy atom. The van der Waals surface area contributed by atoms with Gasteiger partial charge in [0, 0.05) is 6.54 Å². The zero-order chi connectivity index (χ0) is 19.2. The number of nitrogens with zero attached hydrogens (tertiary/aromatic N) is 1. The second kappa shape index (κ2) is 9.75. The maximum absolute atomic E-state index is 14.8. The van der Waals surface area contributed by atoms with Crippen LogP contribution in [0.3, 0.4) is 0 Å². The lowest BCUT2D eigenvalue weighted by Gasteiger charge is -2.34. The van der Waals surface area contributed by atoms with Crippen molar-refractivity contribution in [2.24, 2.45) is 5.41 Å². The molecule has 1 aromatic carbocycles. The van der Waals surface area contributed by atoms with E-state index in [2.05, 4.69) is 33.0 Å². The number of hydrogen-bond donors (Lipinski definition) is 1. The van der Waals surface area contributed by atoms with Gasteiger partial charge >= 0.3 is 0 Å². The van der Waals surface area contributed by atoms with Crippen molar-refractivity contribution in [1.82, 2.24) is 10.2 Å². The molecule has 1 aliphatic rings. The topological polar surface area (TPSA) is 32.3 Å². The van der Waals surface area contributed by atoms with Gasteiger partial charge in [0.25, 0.3) is 0 Å². The van der Waals surface area contributed by atoms with Gasteiger partial charge in [0.2, 0.25) is 6.41 Å². The third-order valence-electron chi connectivity index (χ3n) is 4.98.